The van der Waals surface area contributed by atoms with Crippen LogP contribution in [0.2, 0.25) is 0 Å². The van der Waals surface area contributed by atoms with Crippen molar-refractivity contribution in [3.05, 3.63) is 106 Å². The Morgan fingerprint density at radius 3 is 2.22 bits per heavy atom. The summed E-state index contributed by atoms with van der Waals surface area (Å²) in [5, 5.41) is 21.1. The molecule has 252 valence electrons. The van der Waals surface area contributed by atoms with E-state index < -0.39 is 52.8 Å². The maximum absolute atomic E-state index is 15.2. The van der Waals surface area contributed by atoms with Crippen LogP contribution in [0.1, 0.15) is 59.4 Å². The summed E-state index contributed by atoms with van der Waals surface area (Å²) in [7, 11) is 0. The zero-order valence-electron chi connectivity index (χ0n) is 27.7. The standard InChI is InChI=1S/C39H39N3O7/c1-21-11-13-26(14-12-21)40-42-36(47)30-20-29-27(15-16-28-32(29)37(48)41(35(28)46)17-7-10-31(43)44)33(24-18-22(2)34(45)23(3)19-24)39(30,38(42)49)25-8-5-4-6-9-25/h4-6,8-9,11-15,18-19,28-30,32-33,40,45H,7,10,16-17,20H2,1-3H3,(H,43,44)/t28-,29+,30-,32-,33-,39+/m0/s1. The number of anilines is 1. The molecule has 7 rings (SSSR count). The van der Waals surface area contributed by atoms with E-state index in [1.807, 2.05) is 79.7 Å². The minimum Gasteiger partial charge on any atom is -0.507 e. The molecule has 2 saturated heterocycles. The molecule has 0 spiro atoms. The summed E-state index contributed by atoms with van der Waals surface area (Å²) in [6.45, 7) is 5.56. The maximum Gasteiger partial charge on any atom is 0.303 e. The number of rotatable bonds is 8. The lowest BCUT2D eigenvalue weighted by molar-refractivity contribution is -0.142. The van der Waals surface area contributed by atoms with Crippen LogP contribution >= 0.6 is 0 Å². The molecule has 3 aromatic rings. The number of amides is 4. The van der Waals surface area contributed by atoms with Crippen molar-refractivity contribution in [2.75, 3.05) is 12.0 Å². The van der Waals surface area contributed by atoms with E-state index in [2.05, 4.69) is 5.43 Å². The van der Waals surface area contributed by atoms with Crippen LogP contribution in [-0.2, 0) is 29.4 Å². The first-order valence-electron chi connectivity index (χ1n) is 16.8. The van der Waals surface area contributed by atoms with Gasteiger partial charge in [-0.25, -0.2) is 0 Å². The molecule has 10 heteroatoms. The molecule has 49 heavy (non-hydrogen) atoms. The van der Waals surface area contributed by atoms with Crippen molar-refractivity contribution in [3.63, 3.8) is 0 Å². The van der Waals surface area contributed by atoms with Gasteiger partial charge in [0.25, 0.3) is 11.8 Å². The summed E-state index contributed by atoms with van der Waals surface area (Å²) in [4.78, 5) is 70.1. The van der Waals surface area contributed by atoms with Crippen LogP contribution in [0.15, 0.2) is 78.4 Å². The number of aromatic hydroxyl groups is 1. The number of phenols is 1. The van der Waals surface area contributed by atoms with Gasteiger partial charge >= 0.3 is 5.97 Å². The van der Waals surface area contributed by atoms with Crippen molar-refractivity contribution >= 4 is 35.3 Å². The van der Waals surface area contributed by atoms with Gasteiger partial charge in [-0.2, -0.15) is 5.01 Å². The zero-order valence-corrected chi connectivity index (χ0v) is 27.7. The Balaban J connectivity index is 1.41. The van der Waals surface area contributed by atoms with Crippen molar-refractivity contribution in [1.29, 1.82) is 0 Å². The monoisotopic (exact) mass is 661 g/mol. The quantitative estimate of drug-likeness (QED) is 0.222. The Labute approximate surface area is 284 Å². The predicted octanol–water partition coefficient (Wildman–Crippen LogP) is 5.17. The van der Waals surface area contributed by atoms with E-state index in [9.17, 15) is 29.4 Å². The maximum atomic E-state index is 15.2. The fourth-order valence-electron chi connectivity index (χ4n) is 8.95. The van der Waals surface area contributed by atoms with Crippen LogP contribution in [0.5, 0.6) is 5.75 Å². The lowest BCUT2D eigenvalue weighted by atomic mass is 9.49. The lowest BCUT2D eigenvalue weighted by Crippen LogP contribution is -2.53. The van der Waals surface area contributed by atoms with Gasteiger partial charge in [0.15, 0.2) is 0 Å². The second-order valence-electron chi connectivity index (χ2n) is 13.9. The molecule has 0 radical (unpaired) electrons. The first-order chi connectivity index (χ1) is 23.4. The number of fused-ring (bicyclic) bond motifs is 4. The molecule has 0 aromatic heterocycles. The van der Waals surface area contributed by atoms with E-state index in [-0.39, 0.29) is 49.8 Å². The Hall–Kier alpha value is -5.25. The number of nitrogens with one attached hydrogen (secondary N) is 1. The molecule has 1 saturated carbocycles. The van der Waals surface area contributed by atoms with Crippen LogP contribution in [0.3, 0.4) is 0 Å². The smallest absolute Gasteiger partial charge is 0.303 e. The summed E-state index contributed by atoms with van der Waals surface area (Å²) in [5.74, 6) is -5.82. The van der Waals surface area contributed by atoms with Crippen molar-refractivity contribution in [3.8, 4) is 5.75 Å². The fraction of sp³-hybridized carbons (Fsp3) is 0.359. The first kappa shape index (κ1) is 32.3. The number of carbonyl (C=O) groups excluding carboxylic acids is 4. The summed E-state index contributed by atoms with van der Waals surface area (Å²) < 4.78 is 0. The number of carbonyl (C=O) groups is 5. The highest BCUT2D eigenvalue weighted by molar-refractivity contribution is 6.13. The number of hydrazine groups is 1. The SMILES string of the molecule is Cc1ccc(NN2C(=O)[C@@H]3C[C@@H]4C(=CC[C@@H]5C(=O)N(CCCC(=O)O)C(=O)[C@@H]54)[C@H](c4cc(C)c(O)c(C)c4)[C@]3(c3ccccc3)C2=O)cc1. The van der Waals surface area contributed by atoms with Crippen molar-refractivity contribution in [2.45, 2.75) is 57.8 Å². The number of hydrogen-bond acceptors (Lipinski definition) is 7. The number of aryl methyl sites for hydroxylation is 3. The number of carboxylic acids is 1. The molecule has 0 bridgehead atoms. The van der Waals surface area contributed by atoms with E-state index in [1.165, 1.54) is 4.90 Å². The molecule has 2 aliphatic carbocycles. The molecule has 2 aliphatic heterocycles. The Kier molecular flexibility index (Phi) is 7.92. The predicted molar refractivity (Wildman–Crippen MR) is 180 cm³/mol. The highest BCUT2D eigenvalue weighted by atomic mass is 16.4. The minimum absolute atomic E-state index is 0.0157. The number of imide groups is 2. The molecular weight excluding hydrogens is 622 g/mol. The summed E-state index contributed by atoms with van der Waals surface area (Å²) in [6.07, 6.45) is 2.44. The van der Waals surface area contributed by atoms with Crippen LogP contribution in [-0.4, -0.2) is 56.3 Å². The lowest BCUT2D eigenvalue weighted by Gasteiger charge is -2.50. The van der Waals surface area contributed by atoms with Crippen LogP contribution in [0, 0.1) is 44.4 Å². The molecule has 10 nitrogen and oxygen atoms in total. The van der Waals surface area contributed by atoms with Crippen molar-refractivity contribution in [1.82, 2.24) is 9.91 Å². The number of likely N-dealkylation sites (tertiary alicyclic amines) is 1. The third kappa shape index (κ3) is 4.95. The number of phenolic OH excluding ortho intramolecular Hbond substituents is 1. The van der Waals surface area contributed by atoms with Gasteiger partial charge in [0.05, 0.1) is 28.9 Å². The van der Waals surface area contributed by atoms with Gasteiger partial charge in [-0.1, -0.05) is 71.8 Å². The minimum atomic E-state index is -1.39. The molecule has 4 amide bonds. The highest BCUT2D eigenvalue weighted by Gasteiger charge is 2.70. The first-order valence-corrected chi connectivity index (χ1v) is 16.8. The van der Waals surface area contributed by atoms with E-state index >= 15 is 4.79 Å². The summed E-state index contributed by atoms with van der Waals surface area (Å²) in [5.41, 5.74) is 6.79. The van der Waals surface area contributed by atoms with Gasteiger partial charge < -0.3 is 10.2 Å². The normalized spacial score (nSPS) is 27.5. The third-order valence-corrected chi connectivity index (χ3v) is 11.1. The Morgan fingerprint density at radius 2 is 1.57 bits per heavy atom. The average molecular weight is 662 g/mol. The molecule has 3 N–H and O–H groups in total. The number of carboxylic acid groups (broad SMARTS) is 1. The number of aliphatic carboxylic acids is 1. The Bertz CT molecular complexity index is 1900. The molecule has 0 unspecified atom stereocenters. The topological polar surface area (TPSA) is 144 Å². The van der Waals surface area contributed by atoms with Gasteiger partial charge in [0, 0.05) is 18.9 Å². The third-order valence-electron chi connectivity index (χ3n) is 11.1. The van der Waals surface area contributed by atoms with Crippen LogP contribution in [0.4, 0.5) is 5.69 Å². The van der Waals surface area contributed by atoms with Gasteiger partial charge in [0.1, 0.15) is 5.75 Å². The largest absolute Gasteiger partial charge is 0.507 e. The molecule has 2 heterocycles. The molecule has 3 aromatic carbocycles. The molecule has 3 fully saturated rings. The van der Waals surface area contributed by atoms with E-state index in [4.69, 9.17) is 0 Å². The van der Waals surface area contributed by atoms with Gasteiger partial charge in [-0.3, -0.25) is 34.3 Å². The summed E-state index contributed by atoms with van der Waals surface area (Å²) >= 11 is 0. The fourth-order valence-corrected chi connectivity index (χ4v) is 8.95. The van der Waals surface area contributed by atoms with E-state index in [1.54, 1.807) is 13.8 Å². The molecule has 6 atom stereocenters. The molecule has 4 aliphatic rings. The average Bonchev–Trinajstić information content (AvgIpc) is 3.45. The van der Waals surface area contributed by atoms with E-state index in [0.29, 0.717) is 22.4 Å². The number of benzene rings is 3. The Morgan fingerprint density at radius 1 is 0.898 bits per heavy atom. The van der Waals surface area contributed by atoms with Gasteiger partial charge in [0.2, 0.25) is 11.8 Å². The second-order valence-corrected chi connectivity index (χ2v) is 13.9. The number of nitrogens with zero attached hydrogens (tertiary/aromatic N) is 2. The van der Waals surface area contributed by atoms with Crippen molar-refractivity contribution < 1.29 is 34.2 Å². The second kappa shape index (κ2) is 12.0. The highest BCUT2D eigenvalue weighted by Crippen LogP contribution is 2.64. The number of allylic oxidation sites excluding steroid dienone is 2. The van der Waals surface area contributed by atoms with Gasteiger partial charge in [-0.15, -0.1) is 0 Å². The number of hydrogen-bond donors (Lipinski definition) is 3. The summed E-state index contributed by atoms with van der Waals surface area (Å²) in [6, 6.07) is 20.4. The molecular formula is C39H39N3O7. The zero-order chi connectivity index (χ0) is 34.8. The van der Waals surface area contributed by atoms with Crippen LogP contribution < -0.4 is 5.43 Å². The van der Waals surface area contributed by atoms with Gasteiger partial charge in [-0.05, 0) is 80.3 Å². The van der Waals surface area contributed by atoms with Crippen molar-refractivity contribution in [2.24, 2.45) is 23.7 Å². The van der Waals surface area contributed by atoms with Crippen LogP contribution in [0.25, 0.3) is 0 Å². The van der Waals surface area contributed by atoms with E-state index in [0.717, 1.165) is 21.7 Å².